The largest absolute Gasteiger partial charge is 0.550 e. The zero-order valence-electron chi connectivity index (χ0n) is 17.1. The number of aliphatic carboxylic acids is 2. The second-order valence-electron chi connectivity index (χ2n) is 7.99. The summed E-state index contributed by atoms with van der Waals surface area (Å²) in [5, 5.41) is 19.0. The van der Waals surface area contributed by atoms with Gasteiger partial charge in [0.1, 0.15) is 6.54 Å². The Hall–Kier alpha value is -2.52. The minimum Gasteiger partial charge on any atom is -0.550 e. The van der Waals surface area contributed by atoms with Crippen LogP contribution in [0.5, 0.6) is 0 Å². The summed E-state index contributed by atoms with van der Waals surface area (Å²) in [4.78, 5) is 21.2. The Balaban J connectivity index is 0.000000628. The number of carbonyl (C=O) groups excluding carboxylic acids is 1. The molecule has 0 radical (unpaired) electrons. The van der Waals surface area contributed by atoms with Crippen LogP contribution in [0.3, 0.4) is 0 Å². The maximum Gasteiger partial charge on any atom is 0.309 e. The van der Waals surface area contributed by atoms with Gasteiger partial charge in [-0.15, -0.1) is 0 Å². The second-order valence-corrected chi connectivity index (χ2v) is 8.80. The van der Waals surface area contributed by atoms with Gasteiger partial charge in [-0.3, -0.25) is 4.79 Å². The molecule has 0 bridgehead atoms. The van der Waals surface area contributed by atoms with Crippen LogP contribution in [-0.4, -0.2) is 30.1 Å². The molecule has 1 fully saturated rings. The predicted octanol–water partition coefficient (Wildman–Crippen LogP) is 2.05. The molecule has 1 aliphatic carbocycles. The fraction of sp³-hybridized carbons (Fsp3) is 0.333. The molecular weight excluding hydrogens is 437 g/mol. The predicted molar refractivity (Wildman–Crippen MR) is 117 cm³/mol. The molecule has 2 aromatic rings. The van der Waals surface area contributed by atoms with E-state index in [2.05, 4.69) is 24.0 Å². The Morgan fingerprint density at radius 2 is 1.81 bits per heavy atom. The first-order valence-electron chi connectivity index (χ1n) is 10.0. The number of nitrogens with one attached hydrogen (secondary N) is 1. The lowest BCUT2D eigenvalue weighted by Gasteiger charge is -2.32. The molecule has 0 saturated heterocycles. The average Bonchev–Trinajstić information content (AvgIpc) is 3.46. The van der Waals surface area contributed by atoms with E-state index in [1.165, 1.54) is 28.9 Å². The fourth-order valence-corrected chi connectivity index (χ4v) is 4.51. The first kappa shape index (κ1) is 23.1. The van der Waals surface area contributed by atoms with Crippen molar-refractivity contribution in [2.24, 2.45) is 0 Å². The van der Waals surface area contributed by atoms with Crippen LogP contribution < -0.4 is 10.0 Å². The van der Waals surface area contributed by atoms with Gasteiger partial charge in [0.15, 0.2) is 0 Å². The van der Waals surface area contributed by atoms with Crippen molar-refractivity contribution < 1.29 is 24.7 Å². The van der Waals surface area contributed by atoms with Gasteiger partial charge in [0, 0.05) is 22.5 Å². The van der Waals surface area contributed by atoms with Crippen molar-refractivity contribution in [1.82, 2.24) is 0 Å². The minimum atomic E-state index is -1.08. The molecule has 162 valence electrons. The van der Waals surface area contributed by atoms with Crippen LogP contribution in [0.4, 0.5) is 0 Å². The number of carboxylic acids is 2. The van der Waals surface area contributed by atoms with E-state index in [1.807, 2.05) is 12.1 Å². The van der Waals surface area contributed by atoms with Gasteiger partial charge in [0.2, 0.25) is 0 Å². The summed E-state index contributed by atoms with van der Waals surface area (Å²) in [7, 11) is 0. The van der Waals surface area contributed by atoms with Crippen LogP contribution in [0, 0.1) is 11.8 Å². The van der Waals surface area contributed by atoms with Gasteiger partial charge in [-0.2, -0.15) is 0 Å². The monoisotopic (exact) mass is 459 g/mol. The van der Waals surface area contributed by atoms with Crippen LogP contribution in [0.1, 0.15) is 48.4 Å². The third kappa shape index (κ3) is 6.01. The Bertz CT molecular complexity index is 1040. The van der Waals surface area contributed by atoms with Crippen LogP contribution in [0.15, 0.2) is 36.4 Å². The highest BCUT2D eigenvalue weighted by Crippen LogP contribution is 2.49. The van der Waals surface area contributed by atoms with E-state index in [-0.39, 0.29) is 11.8 Å². The minimum absolute atomic E-state index is 0.209. The van der Waals surface area contributed by atoms with Crippen LogP contribution in [0.25, 0.3) is 0 Å². The zero-order valence-corrected chi connectivity index (χ0v) is 18.6. The molecule has 7 heteroatoms. The molecule has 2 aromatic carbocycles. The molecule has 4 rings (SSSR count). The Morgan fingerprint density at radius 3 is 2.39 bits per heavy atom. The summed E-state index contributed by atoms with van der Waals surface area (Å²) in [6, 6.07) is 11.8. The van der Waals surface area contributed by atoms with Crippen molar-refractivity contribution in [3.63, 3.8) is 0 Å². The SMILES string of the molecule is CC(=O)[O-].O=C(O)CC[NH+]1Cc2ccc(C#Cc3c(Cl)cccc3Cl)cc2C2(CC2)C1. The maximum absolute atomic E-state index is 10.9. The van der Waals surface area contributed by atoms with E-state index in [0.29, 0.717) is 22.2 Å². The van der Waals surface area contributed by atoms with Gasteiger partial charge < -0.3 is 19.9 Å². The van der Waals surface area contributed by atoms with Gasteiger partial charge in [0.05, 0.1) is 35.1 Å². The molecule has 0 aromatic heterocycles. The average molecular weight is 460 g/mol. The van der Waals surface area contributed by atoms with Crippen LogP contribution in [-0.2, 0) is 21.5 Å². The van der Waals surface area contributed by atoms with E-state index in [1.54, 1.807) is 12.1 Å². The molecule has 1 atom stereocenters. The molecular formula is C24H23Cl2NO4. The normalized spacial score (nSPS) is 17.5. The summed E-state index contributed by atoms with van der Waals surface area (Å²) in [6.07, 6.45) is 2.57. The number of hydrogen-bond acceptors (Lipinski definition) is 3. The van der Waals surface area contributed by atoms with Crippen molar-refractivity contribution in [1.29, 1.82) is 0 Å². The summed E-state index contributed by atoms with van der Waals surface area (Å²) < 4.78 is 0. The number of halogens is 2. The van der Waals surface area contributed by atoms with Crippen LogP contribution in [0.2, 0.25) is 10.0 Å². The van der Waals surface area contributed by atoms with Crippen molar-refractivity contribution in [3.8, 4) is 11.8 Å². The summed E-state index contributed by atoms with van der Waals surface area (Å²) in [5.74, 6) is 4.51. The molecule has 1 saturated carbocycles. The number of carboxylic acid groups (broad SMARTS) is 2. The Labute approximate surface area is 191 Å². The third-order valence-corrected chi connectivity index (χ3v) is 6.18. The smallest absolute Gasteiger partial charge is 0.309 e. The third-order valence-electron chi connectivity index (χ3n) is 5.55. The molecule has 1 heterocycles. The summed E-state index contributed by atoms with van der Waals surface area (Å²) >= 11 is 12.4. The van der Waals surface area contributed by atoms with Gasteiger partial charge in [-0.1, -0.05) is 47.2 Å². The number of rotatable bonds is 3. The number of benzene rings is 2. The first-order valence-corrected chi connectivity index (χ1v) is 10.8. The van der Waals surface area contributed by atoms with E-state index in [0.717, 1.165) is 25.6 Å². The first-order chi connectivity index (χ1) is 14.7. The van der Waals surface area contributed by atoms with Gasteiger partial charge in [-0.25, -0.2) is 0 Å². The van der Waals surface area contributed by atoms with Crippen molar-refractivity contribution in [3.05, 3.63) is 68.7 Å². The standard InChI is InChI=1S/C22H19Cl2NO2.C2H4O2/c23-19-2-1-3-20(24)17(19)7-5-15-4-6-16-13-25(11-8-21(26)27)14-22(9-10-22)18(16)12-15;1-2(3)4/h1-4,6,12H,8-11,13-14H2,(H,26,27);1H3,(H,3,4). The number of quaternary nitrogens is 1. The van der Waals surface area contributed by atoms with Crippen LogP contribution >= 0.6 is 23.2 Å². The molecule has 2 N–H and O–H groups in total. The van der Waals surface area contributed by atoms with Crippen molar-refractivity contribution in [2.75, 3.05) is 13.1 Å². The lowest BCUT2D eigenvalue weighted by atomic mass is 9.85. The highest BCUT2D eigenvalue weighted by molar-refractivity contribution is 6.36. The molecule has 1 aliphatic heterocycles. The van der Waals surface area contributed by atoms with Gasteiger partial charge in [-0.05, 0) is 49.6 Å². The number of carbonyl (C=O) groups is 2. The highest BCUT2D eigenvalue weighted by Gasteiger charge is 2.51. The second kappa shape index (κ2) is 9.74. The quantitative estimate of drug-likeness (QED) is 0.688. The van der Waals surface area contributed by atoms with Crippen molar-refractivity contribution in [2.45, 2.75) is 38.1 Å². The summed E-state index contributed by atoms with van der Waals surface area (Å²) in [6.45, 7) is 3.55. The summed E-state index contributed by atoms with van der Waals surface area (Å²) in [5.41, 5.74) is 4.54. The molecule has 5 nitrogen and oxygen atoms in total. The molecule has 31 heavy (non-hydrogen) atoms. The van der Waals surface area contributed by atoms with Gasteiger partial charge in [0.25, 0.3) is 0 Å². The van der Waals surface area contributed by atoms with Gasteiger partial charge >= 0.3 is 5.97 Å². The van der Waals surface area contributed by atoms with E-state index >= 15 is 0 Å². The Morgan fingerprint density at radius 1 is 1.16 bits per heavy atom. The molecule has 1 unspecified atom stereocenters. The lowest BCUT2D eigenvalue weighted by Crippen LogP contribution is -3.12. The van der Waals surface area contributed by atoms with E-state index < -0.39 is 11.9 Å². The fourth-order valence-electron chi connectivity index (χ4n) is 4.02. The molecule has 1 spiro atoms. The van der Waals surface area contributed by atoms with E-state index in [9.17, 15) is 4.79 Å². The molecule has 0 amide bonds. The van der Waals surface area contributed by atoms with Crippen molar-refractivity contribution >= 4 is 35.1 Å². The zero-order chi connectivity index (χ0) is 22.6. The topological polar surface area (TPSA) is 81.9 Å². The lowest BCUT2D eigenvalue weighted by molar-refractivity contribution is -0.918. The van der Waals surface area contributed by atoms with E-state index in [4.69, 9.17) is 38.2 Å². The molecule has 2 aliphatic rings. The Kier molecular flexibility index (Phi) is 7.27. The highest BCUT2D eigenvalue weighted by atomic mass is 35.5. The number of fused-ring (bicyclic) bond motifs is 2. The maximum atomic E-state index is 10.9. The number of hydrogen-bond donors (Lipinski definition) is 2.